The molecule has 0 aliphatic carbocycles. The van der Waals surface area contributed by atoms with Crippen LogP contribution in [0.5, 0.6) is 5.75 Å². The van der Waals surface area contributed by atoms with E-state index in [4.69, 9.17) is 4.74 Å². The minimum atomic E-state index is 0.0661. The molecule has 22 heavy (non-hydrogen) atoms. The van der Waals surface area contributed by atoms with E-state index in [9.17, 15) is 4.79 Å². The lowest BCUT2D eigenvalue weighted by Crippen LogP contribution is -2.30. The Balaban J connectivity index is 1.99. The fraction of sp³-hybridized carbons (Fsp3) is 0.316. The van der Waals surface area contributed by atoms with Gasteiger partial charge in [0.1, 0.15) is 5.75 Å². The summed E-state index contributed by atoms with van der Waals surface area (Å²) in [5.74, 6) is 0.949. The highest BCUT2D eigenvalue weighted by Gasteiger charge is 2.17. The van der Waals surface area contributed by atoms with Crippen molar-refractivity contribution in [1.29, 1.82) is 0 Å². The van der Waals surface area contributed by atoms with Crippen molar-refractivity contribution in [1.82, 2.24) is 4.90 Å². The highest BCUT2D eigenvalue weighted by molar-refractivity contribution is 5.79. The van der Waals surface area contributed by atoms with Crippen molar-refractivity contribution in [3.8, 4) is 5.75 Å². The van der Waals surface area contributed by atoms with Crippen LogP contribution in [-0.2, 0) is 11.2 Å². The third-order valence-corrected chi connectivity index (χ3v) is 3.85. The van der Waals surface area contributed by atoms with Crippen molar-refractivity contribution in [2.24, 2.45) is 0 Å². The topological polar surface area (TPSA) is 29.5 Å². The van der Waals surface area contributed by atoms with Crippen molar-refractivity contribution in [2.75, 3.05) is 13.7 Å². The summed E-state index contributed by atoms with van der Waals surface area (Å²) in [7, 11) is 1.86. The van der Waals surface area contributed by atoms with E-state index in [1.165, 1.54) is 0 Å². The fourth-order valence-corrected chi connectivity index (χ4v) is 2.34. The van der Waals surface area contributed by atoms with Gasteiger partial charge < -0.3 is 9.64 Å². The van der Waals surface area contributed by atoms with Gasteiger partial charge in [-0.1, -0.05) is 42.5 Å². The molecule has 3 heteroatoms. The van der Waals surface area contributed by atoms with Crippen molar-refractivity contribution in [3.05, 3.63) is 65.7 Å². The molecule has 3 nitrogen and oxygen atoms in total. The summed E-state index contributed by atoms with van der Waals surface area (Å²) in [4.78, 5) is 14.2. The van der Waals surface area contributed by atoms with E-state index in [-0.39, 0.29) is 11.9 Å². The Morgan fingerprint density at radius 2 is 1.73 bits per heavy atom. The number of carbonyl (C=O) groups is 1. The van der Waals surface area contributed by atoms with Crippen LogP contribution in [-0.4, -0.2) is 24.5 Å². The summed E-state index contributed by atoms with van der Waals surface area (Å²) < 4.78 is 5.41. The zero-order chi connectivity index (χ0) is 15.9. The molecule has 0 N–H and O–H groups in total. The third-order valence-electron chi connectivity index (χ3n) is 3.85. The molecular weight excluding hydrogens is 274 g/mol. The minimum Gasteiger partial charge on any atom is -0.494 e. The zero-order valence-corrected chi connectivity index (χ0v) is 13.5. The first-order valence-electron chi connectivity index (χ1n) is 7.64. The zero-order valence-electron chi connectivity index (χ0n) is 13.5. The molecule has 0 fully saturated rings. The van der Waals surface area contributed by atoms with E-state index in [0.29, 0.717) is 13.0 Å². The van der Waals surface area contributed by atoms with E-state index < -0.39 is 0 Å². The molecule has 0 aliphatic rings. The fourth-order valence-electron chi connectivity index (χ4n) is 2.34. The van der Waals surface area contributed by atoms with Gasteiger partial charge in [-0.3, -0.25) is 4.79 Å². The van der Waals surface area contributed by atoms with E-state index in [0.717, 1.165) is 16.9 Å². The van der Waals surface area contributed by atoms with Crippen molar-refractivity contribution < 1.29 is 9.53 Å². The van der Waals surface area contributed by atoms with E-state index in [1.807, 2.05) is 75.5 Å². The quantitative estimate of drug-likeness (QED) is 0.810. The smallest absolute Gasteiger partial charge is 0.227 e. The van der Waals surface area contributed by atoms with E-state index in [2.05, 4.69) is 0 Å². The van der Waals surface area contributed by atoms with Crippen molar-refractivity contribution in [3.63, 3.8) is 0 Å². The monoisotopic (exact) mass is 297 g/mol. The van der Waals surface area contributed by atoms with Gasteiger partial charge in [0.25, 0.3) is 0 Å². The molecule has 0 saturated carbocycles. The highest BCUT2D eigenvalue weighted by atomic mass is 16.5. The first kappa shape index (κ1) is 16.1. The standard InChI is InChI=1S/C19H23NO2/c1-4-22-18-12-10-16(11-13-18)14-19(21)20(3)15(2)17-8-6-5-7-9-17/h5-13,15H,4,14H2,1-3H3. The van der Waals surface area contributed by atoms with Gasteiger partial charge in [-0.05, 0) is 37.1 Å². The number of nitrogens with zero attached hydrogens (tertiary/aromatic N) is 1. The molecule has 0 aliphatic heterocycles. The molecule has 0 bridgehead atoms. The van der Waals surface area contributed by atoms with Gasteiger partial charge >= 0.3 is 0 Å². The van der Waals surface area contributed by atoms with Gasteiger partial charge in [0.2, 0.25) is 5.91 Å². The van der Waals surface area contributed by atoms with Gasteiger partial charge in [-0.15, -0.1) is 0 Å². The number of hydrogen-bond donors (Lipinski definition) is 0. The molecule has 0 heterocycles. The summed E-state index contributed by atoms with van der Waals surface area (Å²) in [6, 6.07) is 17.9. The number of likely N-dealkylation sites (N-methyl/N-ethyl adjacent to an activating group) is 1. The first-order valence-corrected chi connectivity index (χ1v) is 7.64. The van der Waals surface area contributed by atoms with Crippen molar-refractivity contribution in [2.45, 2.75) is 26.3 Å². The summed E-state index contributed by atoms with van der Waals surface area (Å²) in [6.45, 7) is 4.65. The number of hydrogen-bond acceptors (Lipinski definition) is 2. The molecule has 0 aromatic heterocycles. The summed E-state index contributed by atoms with van der Waals surface area (Å²) in [5.41, 5.74) is 2.14. The lowest BCUT2D eigenvalue weighted by Gasteiger charge is -2.25. The molecule has 0 spiro atoms. The summed E-state index contributed by atoms with van der Waals surface area (Å²) >= 11 is 0. The molecule has 116 valence electrons. The maximum Gasteiger partial charge on any atom is 0.227 e. The molecule has 2 aromatic carbocycles. The molecular formula is C19H23NO2. The Bertz CT molecular complexity index is 593. The maximum absolute atomic E-state index is 12.4. The molecule has 1 unspecified atom stereocenters. The summed E-state index contributed by atoms with van der Waals surface area (Å²) in [6.07, 6.45) is 0.403. The Labute approximate surface area is 132 Å². The number of benzene rings is 2. The number of carbonyl (C=O) groups excluding carboxylic acids is 1. The lowest BCUT2D eigenvalue weighted by atomic mass is 10.1. The van der Waals surface area contributed by atoms with Gasteiger partial charge in [0.15, 0.2) is 0 Å². The molecule has 0 radical (unpaired) electrons. The largest absolute Gasteiger partial charge is 0.494 e. The van der Waals surface area contributed by atoms with E-state index in [1.54, 1.807) is 4.90 Å². The SMILES string of the molecule is CCOc1ccc(CC(=O)N(C)C(C)c2ccccc2)cc1. The average molecular weight is 297 g/mol. The predicted molar refractivity (Wildman–Crippen MR) is 88.9 cm³/mol. The van der Waals surface area contributed by atoms with E-state index >= 15 is 0 Å². The Hall–Kier alpha value is -2.29. The highest BCUT2D eigenvalue weighted by Crippen LogP contribution is 2.20. The molecule has 2 rings (SSSR count). The van der Waals surface area contributed by atoms with Gasteiger partial charge in [-0.2, -0.15) is 0 Å². The minimum absolute atomic E-state index is 0.0661. The average Bonchev–Trinajstić information content (AvgIpc) is 2.56. The Morgan fingerprint density at radius 3 is 2.32 bits per heavy atom. The number of amides is 1. The third kappa shape index (κ3) is 4.10. The lowest BCUT2D eigenvalue weighted by molar-refractivity contribution is -0.131. The van der Waals surface area contributed by atoms with Crippen LogP contribution in [0.25, 0.3) is 0 Å². The van der Waals surface area contributed by atoms with Crippen LogP contribution in [0.2, 0.25) is 0 Å². The molecule has 0 saturated heterocycles. The van der Waals surface area contributed by atoms with Gasteiger partial charge in [-0.25, -0.2) is 0 Å². The van der Waals surface area contributed by atoms with Gasteiger partial charge in [0, 0.05) is 7.05 Å². The predicted octanol–water partition coefficient (Wildman–Crippen LogP) is 3.85. The summed E-state index contributed by atoms with van der Waals surface area (Å²) in [5, 5.41) is 0. The van der Waals surface area contributed by atoms with Crippen LogP contribution in [0.4, 0.5) is 0 Å². The normalized spacial score (nSPS) is 11.8. The van der Waals surface area contributed by atoms with Gasteiger partial charge in [0.05, 0.1) is 19.1 Å². The van der Waals surface area contributed by atoms with Crippen LogP contribution in [0, 0.1) is 0 Å². The first-order chi connectivity index (χ1) is 10.6. The second kappa shape index (κ2) is 7.64. The van der Waals surface area contributed by atoms with Crippen LogP contribution in [0.3, 0.4) is 0 Å². The maximum atomic E-state index is 12.4. The number of rotatable bonds is 6. The van der Waals surface area contributed by atoms with Crippen LogP contribution in [0.1, 0.15) is 31.0 Å². The molecule has 1 amide bonds. The number of ether oxygens (including phenoxy) is 1. The second-order valence-corrected chi connectivity index (χ2v) is 5.35. The molecule has 1 atom stereocenters. The second-order valence-electron chi connectivity index (χ2n) is 5.35. The molecule has 2 aromatic rings. The van der Waals surface area contributed by atoms with Crippen LogP contribution < -0.4 is 4.74 Å². The Morgan fingerprint density at radius 1 is 1.09 bits per heavy atom. The van der Waals surface area contributed by atoms with Crippen molar-refractivity contribution >= 4 is 5.91 Å². The van der Waals surface area contributed by atoms with Crippen LogP contribution >= 0.6 is 0 Å². The van der Waals surface area contributed by atoms with Crippen LogP contribution in [0.15, 0.2) is 54.6 Å². The Kier molecular flexibility index (Phi) is 5.59.